The molecular weight excluding hydrogens is 220 g/mol. The molecule has 3 heterocycles. The lowest BCUT2D eigenvalue weighted by atomic mass is 10.1. The van der Waals surface area contributed by atoms with E-state index >= 15 is 0 Å². The van der Waals surface area contributed by atoms with E-state index in [1.165, 1.54) is 0 Å². The summed E-state index contributed by atoms with van der Waals surface area (Å²) in [5.74, 6) is 0.970. The van der Waals surface area contributed by atoms with E-state index in [0.29, 0.717) is 0 Å². The van der Waals surface area contributed by atoms with Crippen LogP contribution in [0.15, 0.2) is 35.2 Å². The van der Waals surface area contributed by atoms with Gasteiger partial charge in [0.1, 0.15) is 6.10 Å². The lowest BCUT2D eigenvalue weighted by molar-refractivity contribution is 0.206. The molecule has 16 heavy (non-hydrogen) atoms. The second-order valence-electron chi connectivity index (χ2n) is 3.80. The third-order valence-electron chi connectivity index (χ3n) is 2.60. The Kier molecular flexibility index (Phi) is 2.50. The van der Waals surface area contributed by atoms with Crippen LogP contribution >= 0.6 is 11.3 Å². The fourth-order valence-corrected chi connectivity index (χ4v) is 2.53. The molecule has 0 aliphatic carbocycles. The van der Waals surface area contributed by atoms with E-state index in [4.69, 9.17) is 4.74 Å². The summed E-state index contributed by atoms with van der Waals surface area (Å²) in [6, 6.07) is 5.97. The molecule has 0 spiro atoms. The number of ether oxygens (including phenoxy) is 1. The van der Waals surface area contributed by atoms with Crippen molar-refractivity contribution in [2.24, 2.45) is 0 Å². The van der Waals surface area contributed by atoms with Gasteiger partial charge in [0.05, 0.1) is 12.2 Å². The number of aromatic nitrogens is 1. The molecule has 1 aliphatic heterocycles. The molecule has 1 N–H and O–H groups in total. The van der Waals surface area contributed by atoms with Crippen molar-refractivity contribution in [2.75, 3.05) is 11.9 Å². The van der Waals surface area contributed by atoms with E-state index in [9.17, 15) is 0 Å². The zero-order valence-electron chi connectivity index (χ0n) is 8.72. The standard InChI is InChI=1S/C12H12N2OS/c1-2-4-13-9(3-1)5-10-6-14-11-7-16-8-12(11)15-10/h1-4,7-8,10,14H,5-6H2. The minimum atomic E-state index is 0.178. The number of rotatable bonds is 2. The number of anilines is 1. The molecule has 0 amide bonds. The van der Waals surface area contributed by atoms with E-state index < -0.39 is 0 Å². The Morgan fingerprint density at radius 3 is 3.31 bits per heavy atom. The molecule has 0 saturated heterocycles. The first-order chi connectivity index (χ1) is 7.92. The molecule has 82 valence electrons. The molecule has 0 aromatic carbocycles. The molecule has 1 aliphatic rings. The van der Waals surface area contributed by atoms with Gasteiger partial charge in [0.25, 0.3) is 0 Å². The van der Waals surface area contributed by atoms with Gasteiger partial charge in [0, 0.05) is 29.1 Å². The molecule has 0 radical (unpaired) electrons. The van der Waals surface area contributed by atoms with Gasteiger partial charge in [-0.25, -0.2) is 0 Å². The molecule has 0 bridgehead atoms. The van der Waals surface area contributed by atoms with Gasteiger partial charge in [0.15, 0.2) is 5.75 Å². The van der Waals surface area contributed by atoms with E-state index in [1.54, 1.807) is 11.3 Å². The number of nitrogens with one attached hydrogen (secondary N) is 1. The highest BCUT2D eigenvalue weighted by atomic mass is 32.1. The summed E-state index contributed by atoms with van der Waals surface area (Å²) in [5.41, 5.74) is 2.19. The summed E-state index contributed by atoms with van der Waals surface area (Å²) in [6.07, 6.45) is 2.85. The number of nitrogens with zero attached hydrogens (tertiary/aromatic N) is 1. The number of thiophene rings is 1. The minimum Gasteiger partial charge on any atom is -0.485 e. The molecule has 4 heteroatoms. The van der Waals surface area contributed by atoms with Gasteiger partial charge in [-0.15, -0.1) is 11.3 Å². The van der Waals surface area contributed by atoms with Gasteiger partial charge in [-0.05, 0) is 12.1 Å². The lowest BCUT2D eigenvalue weighted by Crippen LogP contribution is -2.32. The predicted molar refractivity (Wildman–Crippen MR) is 65.2 cm³/mol. The van der Waals surface area contributed by atoms with Crippen molar-refractivity contribution in [3.05, 3.63) is 40.8 Å². The van der Waals surface area contributed by atoms with E-state index in [1.807, 2.05) is 29.8 Å². The summed E-state index contributed by atoms with van der Waals surface area (Å²) >= 11 is 1.66. The Balaban J connectivity index is 1.71. The van der Waals surface area contributed by atoms with Crippen molar-refractivity contribution in [1.29, 1.82) is 0 Å². The van der Waals surface area contributed by atoms with Crippen LogP contribution < -0.4 is 10.1 Å². The van der Waals surface area contributed by atoms with Crippen molar-refractivity contribution >= 4 is 17.0 Å². The van der Waals surface area contributed by atoms with Gasteiger partial charge in [-0.3, -0.25) is 4.98 Å². The number of pyridine rings is 1. The number of hydrogen-bond donors (Lipinski definition) is 1. The minimum absolute atomic E-state index is 0.178. The average Bonchev–Trinajstić information content (AvgIpc) is 2.77. The molecule has 2 aromatic rings. The molecule has 1 atom stereocenters. The Morgan fingerprint density at radius 1 is 1.44 bits per heavy atom. The van der Waals surface area contributed by atoms with E-state index in [0.717, 1.165) is 30.1 Å². The molecular formula is C12H12N2OS. The molecule has 0 fully saturated rings. The first kappa shape index (κ1) is 9.66. The second kappa shape index (κ2) is 4.14. The van der Waals surface area contributed by atoms with Crippen LogP contribution in [0, 0.1) is 0 Å². The Labute approximate surface area is 98.1 Å². The predicted octanol–water partition coefficient (Wildman–Crippen LogP) is 2.56. The monoisotopic (exact) mass is 232 g/mol. The van der Waals surface area contributed by atoms with Crippen LogP contribution in [-0.2, 0) is 6.42 Å². The van der Waals surface area contributed by atoms with Crippen LogP contribution in [0.25, 0.3) is 0 Å². The van der Waals surface area contributed by atoms with Crippen molar-refractivity contribution in [3.8, 4) is 5.75 Å². The van der Waals surface area contributed by atoms with E-state index in [-0.39, 0.29) is 6.10 Å². The summed E-state index contributed by atoms with van der Waals surface area (Å²) in [4.78, 5) is 4.31. The quantitative estimate of drug-likeness (QED) is 0.864. The Morgan fingerprint density at radius 2 is 2.44 bits per heavy atom. The first-order valence-electron chi connectivity index (χ1n) is 5.28. The van der Waals surface area contributed by atoms with E-state index in [2.05, 4.69) is 15.7 Å². The average molecular weight is 232 g/mol. The summed E-state index contributed by atoms with van der Waals surface area (Å²) < 4.78 is 5.88. The second-order valence-corrected chi connectivity index (χ2v) is 4.54. The zero-order chi connectivity index (χ0) is 10.8. The molecule has 1 unspecified atom stereocenters. The normalized spacial score (nSPS) is 18.4. The maximum Gasteiger partial charge on any atom is 0.153 e. The number of fused-ring (bicyclic) bond motifs is 1. The molecule has 3 nitrogen and oxygen atoms in total. The topological polar surface area (TPSA) is 34.1 Å². The first-order valence-corrected chi connectivity index (χ1v) is 6.23. The maximum atomic E-state index is 5.88. The molecule has 0 saturated carbocycles. The van der Waals surface area contributed by atoms with Crippen molar-refractivity contribution < 1.29 is 4.74 Å². The number of hydrogen-bond acceptors (Lipinski definition) is 4. The third kappa shape index (κ3) is 1.88. The summed E-state index contributed by atoms with van der Waals surface area (Å²) in [5, 5.41) is 7.48. The van der Waals surface area contributed by atoms with Crippen LogP contribution in [0.1, 0.15) is 5.69 Å². The smallest absolute Gasteiger partial charge is 0.153 e. The Bertz CT molecular complexity index is 469. The highest BCUT2D eigenvalue weighted by molar-refractivity contribution is 7.08. The largest absolute Gasteiger partial charge is 0.485 e. The van der Waals surface area contributed by atoms with Crippen LogP contribution in [0.3, 0.4) is 0 Å². The van der Waals surface area contributed by atoms with Crippen LogP contribution in [0.5, 0.6) is 5.75 Å². The fourth-order valence-electron chi connectivity index (χ4n) is 1.82. The maximum absolute atomic E-state index is 5.88. The summed E-state index contributed by atoms with van der Waals surface area (Å²) in [6.45, 7) is 0.848. The fraction of sp³-hybridized carbons (Fsp3) is 0.250. The molecule has 3 rings (SSSR count). The zero-order valence-corrected chi connectivity index (χ0v) is 9.54. The van der Waals surface area contributed by atoms with Crippen molar-refractivity contribution in [1.82, 2.24) is 4.98 Å². The van der Waals surface area contributed by atoms with Crippen molar-refractivity contribution in [2.45, 2.75) is 12.5 Å². The SMILES string of the molecule is c1ccc(CC2CNc3cscc3O2)nc1. The van der Waals surface area contributed by atoms with Gasteiger partial charge in [-0.1, -0.05) is 6.07 Å². The molecule has 2 aromatic heterocycles. The van der Waals surface area contributed by atoms with Gasteiger partial charge in [0.2, 0.25) is 0 Å². The van der Waals surface area contributed by atoms with Crippen molar-refractivity contribution in [3.63, 3.8) is 0 Å². The lowest BCUT2D eigenvalue weighted by Gasteiger charge is -2.25. The highest BCUT2D eigenvalue weighted by Crippen LogP contribution is 2.33. The van der Waals surface area contributed by atoms with Gasteiger partial charge >= 0.3 is 0 Å². The third-order valence-corrected chi connectivity index (χ3v) is 3.33. The van der Waals surface area contributed by atoms with Crippen LogP contribution in [0.2, 0.25) is 0 Å². The highest BCUT2D eigenvalue weighted by Gasteiger charge is 2.20. The Hall–Kier alpha value is -1.55. The van der Waals surface area contributed by atoms with Gasteiger partial charge < -0.3 is 10.1 Å². The van der Waals surface area contributed by atoms with Gasteiger partial charge in [-0.2, -0.15) is 0 Å². The van der Waals surface area contributed by atoms with Crippen LogP contribution in [0.4, 0.5) is 5.69 Å². The van der Waals surface area contributed by atoms with Crippen LogP contribution in [-0.4, -0.2) is 17.6 Å². The summed E-state index contributed by atoms with van der Waals surface area (Å²) in [7, 11) is 0.